The second-order valence-corrected chi connectivity index (χ2v) is 9.48. The summed E-state index contributed by atoms with van der Waals surface area (Å²) in [6.07, 6.45) is 2.11. The minimum absolute atomic E-state index is 0.0429. The highest BCUT2D eigenvalue weighted by Crippen LogP contribution is 2.16. The molecule has 1 aromatic rings. The Labute approximate surface area is 191 Å². The first kappa shape index (κ1) is 23.9. The second kappa shape index (κ2) is 10.7. The number of hydrogen-bond acceptors (Lipinski definition) is 4. The number of ether oxygens (including phenoxy) is 1. The summed E-state index contributed by atoms with van der Waals surface area (Å²) in [5.74, 6) is 1.10. The summed E-state index contributed by atoms with van der Waals surface area (Å²) in [4.78, 5) is 32.8. The van der Waals surface area contributed by atoms with Crippen LogP contribution in [0.15, 0.2) is 29.3 Å². The predicted molar refractivity (Wildman–Crippen MR) is 125 cm³/mol. The van der Waals surface area contributed by atoms with E-state index in [9.17, 15) is 9.59 Å². The number of benzene rings is 1. The van der Waals surface area contributed by atoms with Gasteiger partial charge in [-0.2, -0.15) is 0 Å². The van der Waals surface area contributed by atoms with Crippen LogP contribution in [0.4, 0.5) is 4.79 Å². The van der Waals surface area contributed by atoms with Gasteiger partial charge in [0.2, 0.25) is 5.91 Å². The first-order valence-electron chi connectivity index (χ1n) is 11.6. The number of rotatable bonds is 6. The number of amides is 2. The van der Waals surface area contributed by atoms with Crippen LogP contribution in [-0.2, 0) is 22.6 Å². The van der Waals surface area contributed by atoms with Gasteiger partial charge in [0.15, 0.2) is 5.96 Å². The van der Waals surface area contributed by atoms with Crippen molar-refractivity contribution < 1.29 is 14.3 Å². The van der Waals surface area contributed by atoms with E-state index in [0.29, 0.717) is 26.1 Å². The molecule has 8 heteroatoms. The van der Waals surface area contributed by atoms with E-state index in [1.54, 1.807) is 0 Å². The average Bonchev–Trinajstić information content (AvgIpc) is 3.34. The minimum Gasteiger partial charge on any atom is -0.444 e. The fourth-order valence-electron chi connectivity index (χ4n) is 3.98. The molecule has 2 aliphatic heterocycles. The van der Waals surface area contributed by atoms with Crippen molar-refractivity contribution in [1.82, 2.24) is 20.4 Å². The van der Waals surface area contributed by atoms with Crippen molar-refractivity contribution in [2.24, 2.45) is 4.99 Å². The van der Waals surface area contributed by atoms with Gasteiger partial charge in [0.05, 0.1) is 12.6 Å². The highest BCUT2D eigenvalue weighted by molar-refractivity contribution is 5.80. The van der Waals surface area contributed by atoms with Crippen LogP contribution in [0, 0.1) is 0 Å². The predicted octanol–water partition coefficient (Wildman–Crippen LogP) is 2.87. The maximum absolute atomic E-state index is 12.1. The Morgan fingerprint density at radius 2 is 1.91 bits per heavy atom. The zero-order chi connectivity index (χ0) is 23.1. The van der Waals surface area contributed by atoms with Crippen LogP contribution < -0.4 is 10.6 Å². The van der Waals surface area contributed by atoms with E-state index in [0.717, 1.165) is 49.6 Å². The Kier molecular flexibility index (Phi) is 7.99. The second-order valence-electron chi connectivity index (χ2n) is 9.48. The molecule has 0 aromatic heterocycles. The molecule has 32 heavy (non-hydrogen) atoms. The Morgan fingerprint density at radius 1 is 1.19 bits per heavy atom. The van der Waals surface area contributed by atoms with Crippen molar-refractivity contribution in [1.29, 1.82) is 0 Å². The molecular formula is C24H37N5O3. The fraction of sp³-hybridized carbons (Fsp3) is 0.625. The summed E-state index contributed by atoms with van der Waals surface area (Å²) < 4.78 is 5.37. The van der Waals surface area contributed by atoms with Gasteiger partial charge in [0, 0.05) is 39.1 Å². The number of aliphatic imine (C=N–C) groups is 1. The number of likely N-dealkylation sites (tertiary alicyclic amines) is 2. The third-order valence-electron chi connectivity index (χ3n) is 5.52. The van der Waals surface area contributed by atoms with Crippen molar-refractivity contribution in [2.45, 2.75) is 71.7 Å². The first-order chi connectivity index (χ1) is 15.2. The molecule has 8 nitrogen and oxygen atoms in total. The van der Waals surface area contributed by atoms with E-state index in [1.165, 1.54) is 0 Å². The molecule has 0 spiro atoms. The number of alkyl carbamates (subject to hydrolysis) is 1. The maximum atomic E-state index is 12.1. The molecule has 2 amide bonds. The quantitative estimate of drug-likeness (QED) is 0.522. The van der Waals surface area contributed by atoms with Gasteiger partial charge in [-0.15, -0.1) is 0 Å². The molecule has 2 heterocycles. The molecule has 0 saturated carbocycles. The molecule has 3 rings (SSSR count). The molecule has 2 fully saturated rings. The van der Waals surface area contributed by atoms with Gasteiger partial charge in [-0.1, -0.05) is 24.3 Å². The molecule has 2 saturated heterocycles. The van der Waals surface area contributed by atoms with E-state index in [2.05, 4.69) is 46.7 Å². The van der Waals surface area contributed by atoms with Gasteiger partial charge in [0.25, 0.3) is 0 Å². The van der Waals surface area contributed by atoms with Crippen molar-refractivity contribution in [3.8, 4) is 0 Å². The monoisotopic (exact) mass is 443 g/mol. The standard InChI is InChI=1S/C24H37N5O3/c1-5-25-22(29-14-12-20(17-29)27-23(31)32-24(2,3)4)26-15-18-8-10-19(11-9-18)16-28-13-6-7-21(28)30/h8-11,20H,5-7,12-17H2,1-4H3,(H,25,26)(H,27,31). The Hall–Kier alpha value is -2.77. The number of nitrogens with one attached hydrogen (secondary N) is 2. The molecule has 0 radical (unpaired) electrons. The van der Waals surface area contributed by atoms with Gasteiger partial charge >= 0.3 is 6.09 Å². The molecule has 2 N–H and O–H groups in total. The van der Waals surface area contributed by atoms with E-state index >= 15 is 0 Å². The van der Waals surface area contributed by atoms with Gasteiger partial charge in [0.1, 0.15) is 5.60 Å². The Morgan fingerprint density at radius 3 is 2.53 bits per heavy atom. The summed E-state index contributed by atoms with van der Waals surface area (Å²) >= 11 is 0. The van der Waals surface area contributed by atoms with E-state index in [4.69, 9.17) is 9.73 Å². The number of carbonyl (C=O) groups is 2. The highest BCUT2D eigenvalue weighted by atomic mass is 16.6. The molecule has 0 aliphatic carbocycles. The molecule has 176 valence electrons. The molecule has 1 unspecified atom stereocenters. The average molecular weight is 444 g/mol. The van der Waals surface area contributed by atoms with Crippen LogP contribution in [0.5, 0.6) is 0 Å². The van der Waals surface area contributed by atoms with E-state index in [1.807, 2.05) is 25.7 Å². The van der Waals surface area contributed by atoms with Crippen molar-refractivity contribution in [3.05, 3.63) is 35.4 Å². The Balaban J connectivity index is 1.53. The van der Waals surface area contributed by atoms with Crippen LogP contribution in [-0.4, -0.2) is 65.6 Å². The molecule has 2 aliphatic rings. The van der Waals surface area contributed by atoms with E-state index < -0.39 is 5.60 Å². The first-order valence-corrected chi connectivity index (χ1v) is 11.6. The topological polar surface area (TPSA) is 86.3 Å². The van der Waals surface area contributed by atoms with Crippen molar-refractivity contribution >= 4 is 18.0 Å². The van der Waals surface area contributed by atoms with Crippen molar-refractivity contribution in [2.75, 3.05) is 26.2 Å². The highest BCUT2D eigenvalue weighted by Gasteiger charge is 2.28. The largest absolute Gasteiger partial charge is 0.444 e. The lowest BCUT2D eigenvalue weighted by Crippen LogP contribution is -2.44. The smallest absolute Gasteiger partial charge is 0.407 e. The zero-order valence-corrected chi connectivity index (χ0v) is 19.8. The van der Waals surface area contributed by atoms with Gasteiger partial charge in [-0.25, -0.2) is 9.79 Å². The van der Waals surface area contributed by atoms with Crippen LogP contribution >= 0.6 is 0 Å². The Bertz CT molecular complexity index is 816. The van der Waals surface area contributed by atoms with Crippen LogP contribution in [0.25, 0.3) is 0 Å². The molecule has 0 bridgehead atoms. The number of carbonyl (C=O) groups excluding carboxylic acids is 2. The molecule has 1 atom stereocenters. The number of guanidine groups is 1. The summed E-state index contributed by atoms with van der Waals surface area (Å²) in [5.41, 5.74) is 1.77. The fourth-order valence-corrected chi connectivity index (χ4v) is 3.98. The number of hydrogen-bond donors (Lipinski definition) is 2. The van der Waals surface area contributed by atoms with Gasteiger partial charge in [-0.05, 0) is 51.7 Å². The summed E-state index contributed by atoms with van der Waals surface area (Å²) in [6.45, 7) is 12.1. The normalized spacial score (nSPS) is 19.4. The lowest BCUT2D eigenvalue weighted by molar-refractivity contribution is -0.128. The molecular weight excluding hydrogens is 406 g/mol. The SMILES string of the molecule is CCNC(=NCc1ccc(CN2CCCC2=O)cc1)N1CCC(NC(=O)OC(C)(C)C)C1. The van der Waals surface area contributed by atoms with Crippen molar-refractivity contribution in [3.63, 3.8) is 0 Å². The van der Waals surface area contributed by atoms with Crippen LogP contribution in [0.1, 0.15) is 58.1 Å². The van der Waals surface area contributed by atoms with Crippen LogP contribution in [0.3, 0.4) is 0 Å². The zero-order valence-electron chi connectivity index (χ0n) is 19.8. The third-order valence-corrected chi connectivity index (χ3v) is 5.52. The van der Waals surface area contributed by atoms with Gasteiger partial charge in [-0.3, -0.25) is 4.79 Å². The lowest BCUT2D eigenvalue weighted by atomic mass is 10.1. The maximum Gasteiger partial charge on any atom is 0.407 e. The van der Waals surface area contributed by atoms with Crippen LogP contribution in [0.2, 0.25) is 0 Å². The molecule has 1 aromatic carbocycles. The van der Waals surface area contributed by atoms with Gasteiger partial charge < -0.3 is 25.2 Å². The third kappa shape index (κ3) is 7.14. The number of nitrogens with zero attached hydrogens (tertiary/aromatic N) is 3. The summed E-state index contributed by atoms with van der Waals surface area (Å²) in [7, 11) is 0. The lowest BCUT2D eigenvalue weighted by Gasteiger charge is -2.23. The summed E-state index contributed by atoms with van der Waals surface area (Å²) in [5, 5.41) is 6.32. The van der Waals surface area contributed by atoms with E-state index in [-0.39, 0.29) is 18.0 Å². The summed E-state index contributed by atoms with van der Waals surface area (Å²) in [6, 6.07) is 8.38. The minimum atomic E-state index is -0.502.